The van der Waals surface area contributed by atoms with Crippen molar-refractivity contribution in [1.82, 2.24) is 20.3 Å². The minimum Gasteiger partial charge on any atom is -0.359 e. The van der Waals surface area contributed by atoms with Crippen LogP contribution in [0.3, 0.4) is 0 Å². The Morgan fingerprint density at radius 3 is 2.47 bits per heavy atom. The molecule has 0 aromatic heterocycles. The first-order chi connectivity index (χ1) is 13.9. The van der Waals surface area contributed by atoms with Crippen LogP contribution in [0.1, 0.15) is 31.7 Å². The minimum absolute atomic E-state index is 0. The predicted octanol–water partition coefficient (Wildman–Crippen LogP) is 1.54. The average Bonchev–Trinajstić information content (AvgIpc) is 2.73. The fourth-order valence-electron chi connectivity index (χ4n) is 3.27. The summed E-state index contributed by atoms with van der Waals surface area (Å²) in [5, 5.41) is 5.92. The highest BCUT2D eigenvalue weighted by molar-refractivity contribution is 14.0. The number of carbonyl (C=O) groups is 1. The van der Waals surface area contributed by atoms with Gasteiger partial charge >= 0.3 is 0 Å². The lowest BCUT2D eigenvalue weighted by molar-refractivity contribution is -0.121. The third kappa shape index (κ3) is 9.61. The Kier molecular flexibility index (Phi) is 12.3. The second-order valence-corrected chi connectivity index (χ2v) is 9.10. The van der Waals surface area contributed by atoms with Crippen molar-refractivity contribution in [2.24, 2.45) is 10.9 Å². The molecule has 1 aromatic carbocycles. The van der Waals surface area contributed by atoms with Gasteiger partial charge in [-0.25, -0.2) is 13.1 Å². The summed E-state index contributed by atoms with van der Waals surface area (Å²) in [6.45, 7) is 4.82. The van der Waals surface area contributed by atoms with Gasteiger partial charge < -0.3 is 15.5 Å². The van der Waals surface area contributed by atoms with E-state index in [9.17, 15) is 13.2 Å². The van der Waals surface area contributed by atoms with E-state index in [0.717, 1.165) is 44.0 Å². The van der Waals surface area contributed by atoms with Crippen molar-refractivity contribution in [3.63, 3.8) is 0 Å². The van der Waals surface area contributed by atoms with Gasteiger partial charge in [0.25, 0.3) is 0 Å². The molecular formula is C20H34IN5O3S. The van der Waals surface area contributed by atoms with Crippen molar-refractivity contribution in [2.45, 2.75) is 32.7 Å². The molecule has 1 aliphatic rings. The van der Waals surface area contributed by atoms with Crippen molar-refractivity contribution < 1.29 is 13.2 Å². The van der Waals surface area contributed by atoms with Crippen LogP contribution in [0.5, 0.6) is 0 Å². The lowest BCUT2D eigenvalue weighted by Crippen LogP contribution is -2.46. The lowest BCUT2D eigenvalue weighted by atomic mass is 9.93. The number of rotatable bonds is 9. The fraction of sp³-hybridized carbons (Fsp3) is 0.600. The maximum Gasteiger partial charge on any atom is 0.220 e. The van der Waals surface area contributed by atoms with Crippen LogP contribution >= 0.6 is 24.0 Å². The van der Waals surface area contributed by atoms with Gasteiger partial charge in [0.1, 0.15) is 0 Å². The third-order valence-electron chi connectivity index (χ3n) is 4.96. The van der Waals surface area contributed by atoms with Crippen molar-refractivity contribution in [3.05, 3.63) is 35.9 Å². The molecule has 10 heteroatoms. The molecule has 1 heterocycles. The summed E-state index contributed by atoms with van der Waals surface area (Å²) in [6, 6.07) is 9.44. The summed E-state index contributed by atoms with van der Waals surface area (Å²) >= 11 is 0. The highest BCUT2D eigenvalue weighted by atomic mass is 127. The number of amides is 1. The molecule has 30 heavy (non-hydrogen) atoms. The van der Waals surface area contributed by atoms with Gasteiger partial charge in [0.2, 0.25) is 15.9 Å². The average molecular weight is 551 g/mol. The van der Waals surface area contributed by atoms with E-state index in [4.69, 9.17) is 0 Å². The molecule has 3 N–H and O–H groups in total. The highest BCUT2D eigenvalue weighted by Gasteiger charge is 2.23. The molecule has 0 spiro atoms. The van der Waals surface area contributed by atoms with E-state index < -0.39 is 10.0 Å². The van der Waals surface area contributed by atoms with Crippen molar-refractivity contribution in [1.29, 1.82) is 0 Å². The Balaban J connectivity index is 0.00000450. The van der Waals surface area contributed by atoms with E-state index in [2.05, 4.69) is 25.2 Å². The minimum atomic E-state index is -3.39. The van der Waals surface area contributed by atoms with Crippen LogP contribution in [0.15, 0.2) is 35.3 Å². The molecule has 1 saturated heterocycles. The van der Waals surface area contributed by atoms with E-state index in [-0.39, 0.29) is 48.7 Å². The smallest absolute Gasteiger partial charge is 0.220 e. The van der Waals surface area contributed by atoms with Crippen molar-refractivity contribution in [2.75, 3.05) is 39.0 Å². The van der Waals surface area contributed by atoms with E-state index in [0.29, 0.717) is 12.3 Å². The summed E-state index contributed by atoms with van der Waals surface area (Å²) in [5.74, 6) is 1.15. The summed E-state index contributed by atoms with van der Waals surface area (Å²) in [6.07, 6.45) is 2.41. The first-order valence-electron chi connectivity index (χ1n) is 10.2. The zero-order chi connectivity index (χ0) is 21.1. The number of sulfonamides is 1. The fourth-order valence-corrected chi connectivity index (χ4v) is 4.13. The topological polar surface area (TPSA) is 103 Å². The zero-order valence-electron chi connectivity index (χ0n) is 17.8. The SMILES string of the molecule is CCNC(=NCCS(=O)(=O)NCc1ccccc1)N1CCC(CC(=O)NC)CC1.I. The summed E-state index contributed by atoms with van der Waals surface area (Å²) in [4.78, 5) is 18.2. The molecule has 1 aliphatic heterocycles. The first-order valence-corrected chi connectivity index (χ1v) is 11.8. The van der Waals surface area contributed by atoms with E-state index in [1.165, 1.54) is 0 Å². The predicted molar refractivity (Wildman–Crippen MR) is 131 cm³/mol. The van der Waals surface area contributed by atoms with Gasteiger partial charge in [-0.2, -0.15) is 0 Å². The van der Waals surface area contributed by atoms with Crippen molar-refractivity contribution >= 4 is 45.9 Å². The van der Waals surface area contributed by atoms with Gasteiger partial charge in [-0.3, -0.25) is 9.79 Å². The molecule has 0 radical (unpaired) electrons. The molecule has 0 saturated carbocycles. The second-order valence-electron chi connectivity index (χ2n) is 7.17. The van der Waals surface area contributed by atoms with Crippen LogP contribution in [0.4, 0.5) is 0 Å². The van der Waals surface area contributed by atoms with Crippen LogP contribution < -0.4 is 15.4 Å². The Hall–Kier alpha value is -1.40. The number of likely N-dealkylation sites (tertiary alicyclic amines) is 1. The van der Waals surface area contributed by atoms with Crippen LogP contribution in [0.2, 0.25) is 0 Å². The molecule has 0 atom stereocenters. The Labute approximate surface area is 197 Å². The molecule has 1 fully saturated rings. The van der Waals surface area contributed by atoms with Crippen LogP contribution in [0.25, 0.3) is 0 Å². The standard InChI is InChI=1S/C20H33N5O3S.HI/c1-3-22-20(25-12-9-17(10-13-25)15-19(26)21-2)23-11-14-29(27,28)24-16-18-7-5-4-6-8-18;/h4-8,17,24H,3,9-16H2,1-2H3,(H,21,26)(H,22,23);1H. The van der Waals surface area contributed by atoms with Crippen LogP contribution in [0, 0.1) is 5.92 Å². The van der Waals surface area contributed by atoms with E-state index in [1.807, 2.05) is 37.3 Å². The summed E-state index contributed by atoms with van der Waals surface area (Å²) in [5.41, 5.74) is 0.924. The lowest BCUT2D eigenvalue weighted by Gasteiger charge is -2.34. The number of hydrogen-bond donors (Lipinski definition) is 3. The Morgan fingerprint density at radius 1 is 1.20 bits per heavy atom. The number of aliphatic imine (C=N–C) groups is 1. The van der Waals surface area contributed by atoms with Crippen molar-refractivity contribution in [3.8, 4) is 0 Å². The Morgan fingerprint density at radius 2 is 1.87 bits per heavy atom. The van der Waals surface area contributed by atoms with E-state index >= 15 is 0 Å². The molecule has 8 nitrogen and oxygen atoms in total. The highest BCUT2D eigenvalue weighted by Crippen LogP contribution is 2.20. The van der Waals surface area contributed by atoms with Gasteiger partial charge in [0, 0.05) is 39.6 Å². The maximum atomic E-state index is 12.2. The molecular weight excluding hydrogens is 517 g/mol. The van der Waals surface area contributed by atoms with Gasteiger partial charge in [-0.05, 0) is 31.2 Å². The zero-order valence-corrected chi connectivity index (χ0v) is 20.9. The van der Waals surface area contributed by atoms with E-state index in [1.54, 1.807) is 7.05 Å². The number of nitrogens with one attached hydrogen (secondary N) is 3. The van der Waals surface area contributed by atoms with Crippen LogP contribution in [-0.2, 0) is 21.4 Å². The Bertz CT molecular complexity index is 766. The van der Waals surface area contributed by atoms with Gasteiger partial charge in [-0.15, -0.1) is 24.0 Å². The number of nitrogens with zero attached hydrogens (tertiary/aromatic N) is 2. The molecule has 1 amide bonds. The summed E-state index contributed by atoms with van der Waals surface area (Å²) < 4.78 is 27.1. The number of piperidine rings is 1. The summed E-state index contributed by atoms with van der Waals surface area (Å²) in [7, 11) is -1.73. The number of halogens is 1. The molecule has 0 aliphatic carbocycles. The van der Waals surface area contributed by atoms with Gasteiger partial charge in [0.05, 0.1) is 12.3 Å². The van der Waals surface area contributed by atoms with Gasteiger partial charge in [-0.1, -0.05) is 30.3 Å². The number of benzene rings is 1. The molecule has 0 bridgehead atoms. The molecule has 170 valence electrons. The second kappa shape index (κ2) is 13.8. The monoisotopic (exact) mass is 551 g/mol. The number of hydrogen-bond acceptors (Lipinski definition) is 4. The van der Waals surface area contributed by atoms with Gasteiger partial charge in [0.15, 0.2) is 5.96 Å². The molecule has 2 rings (SSSR count). The first kappa shape index (κ1) is 26.6. The van der Waals surface area contributed by atoms with Crippen LogP contribution in [-0.4, -0.2) is 64.2 Å². The molecule has 1 aromatic rings. The largest absolute Gasteiger partial charge is 0.359 e. The normalized spacial score (nSPS) is 15.4. The quantitative estimate of drug-likeness (QED) is 0.246. The number of carbonyl (C=O) groups excluding carboxylic acids is 1. The third-order valence-corrected chi connectivity index (χ3v) is 6.27. The molecule has 0 unspecified atom stereocenters. The maximum absolute atomic E-state index is 12.2. The number of guanidine groups is 1.